The second kappa shape index (κ2) is 5.62. The third-order valence-corrected chi connectivity index (χ3v) is 3.13. The zero-order chi connectivity index (χ0) is 14.7. The number of nitrogens with one attached hydrogen (secondary N) is 1. The first-order chi connectivity index (χ1) is 10.2. The molecule has 0 radical (unpaired) electrons. The summed E-state index contributed by atoms with van der Waals surface area (Å²) in [5.74, 6) is 0. The van der Waals surface area contributed by atoms with Crippen LogP contribution in [0, 0.1) is 10.1 Å². The summed E-state index contributed by atoms with van der Waals surface area (Å²) < 4.78 is 5.55. The lowest BCUT2D eigenvalue weighted by molar-refractivity contribution is -0.384. The van der Waals surface area contributed by atoms with Crippen LogP contribution in [0.15, 0.2) is 52.9 Å². The number of nitrogens with zero attached hydrogens (tertiary/aromatic N) is 2. The molecular weight excluding hydrogens is 270 g/mol. The van der Waals surface area contributed by atoms with Crippen molar-refractivity contribution in [3.8, 4) is 0 Å². The molecule has 1 aromatic heterocycles. The number of aromatic nitrogens is 1. The molecule has 0 fully saturated rings. The van der Waals surface area contributed by atoms with Gasteiger partial charge >= 0.3 is 0 Å². The van der Waals surface area contributed by atoms with Gasteiger partial charge in [-0.15, -0.1) is 0 Å². The van der Waals surface area contributed by atoms with E-state index < -0.39 is 4.92 Å². The molecule has 1 heterocycles. The van der Waals surface area contributed by atoms with Crippen LogP contribution in [0.4, 0.5) is 11.7 Å². The van der Waals surface area contributed by atoms with Crippen LogP contribution in [0.25, 0.3) is 11.1 Å². The Morgan fingerprint density at radius 2 is 1.90 bits per heavy atom. The van der Waals surface area contributed by atoms with Crippen LogP contribution in [-0.2, 0) is 6.42 Å². The Kier molecular flexibility index (Phi) is 3.51. The third-order valence-electron chi connectivity index (χ3n) is 3.13. The van der Waals surface area contributed by atoms with Crippen LogP contribution in [0.1, 0.15) is 5.56 Å². The predicted molar refractivity (Wildman–Crippen MR) is 79.3 cm³/mol. The van der Waals surface area contributed by atoms with Crippen LogP contribution >= 0.6 is 0 Å². The molecule has 0 bridgehead atoms. The molecule has 3 rings (SSSR count). The summed E-state index contributed by atoms with van der Waals surface area (Å²) in [4.78, 5) is 14.5. The average Bonchev–Trinajstić information content (AvgIpc) is 2.90. The molecule has 6 heteroatoms. The molecule has 0 saturated carbocycles. The first-order valence-corrected chi connectivity index (χ1v) is 6.55. The molecule has 0 atom stereocenters. The number of nitro groups is 1. The number of hydrogen-bond donors (Lipinski definition) is 1. The molecule has 0 aliphatic heterocycles. The van der Waals surface area contributed by atoms with Crippen molar-refractivity contribution < 1.29 is 9.34 Å². The number of nitro benzene ring substituents is 1. The minimum Gasteiger partial charge on any atom is -0.424 e. The highest BCUT2D eigenvalue weighted by molar-refractivity contribution is 5.74. The van der Waals surface area contributed by atoms with Gasteiger partial charge < -0.3 is 9.73 Å². The lowest BCUT2D eigenvalue weighted by atomic mass is 10.1. The van der Waals surface area contributed by atoms with Gasteiger partial charge in [-0.1, -0.05) is 24.3 Å². The molecule has 0 amide bonds. The van der Waals surface area contributed by atoms with Gasteiger partial charge in [0.15, 0.2) is 5.58 Å². The highest BCUT2D eigenvalue weighted by atomic mass is 16.6. The number of rotatable bonds is 5. The molecule has 2 aromatic carbocycles. The molecule has 0 aliphatic carbocycles. The van der Waals surface area contributed by atoms with E-state index in [1.165, 1.54) is 12.1 Å². The first-order valence-electron chi connectivity index (χ1n) is 6.55. The van der Waals surface area contributed by atoms with Crippen LogP contribution in [0.3, 0.4) is 0 Å². The molecule has 0 spiro atoms. The average molecular weight is 283 g/mol. The van der Waals surface area contributed by atoms with E-state index in [0.29, 0.717) is 12.6 Å². The maximum absolute atomic E-state index is 10.6. The highest BCUT2D eigenvalue weighted by Crippen LogP contribution is 2.18. The Balaban J connectivity index is 1.59. The number of anilines is 1. The van der Waals surface area contributed by atoms with E-state index >= 15 is 0 Å². The van der Waals surface area contributed by atoms with E-state index in [2.05, 4.69) is 10.3 Å². The van der Waals surface area contributed by atoms with Crippen molar-refractivity contribution in [3.63, 3.8) is 0 Å². The molecular formula is C15H13N3O3. The fourth-order valence-electron chi connectivity index (χ4n) is 2.05. The fraction of sp³-hybridized carbons (Fsp3) is 0.133. The Labute approximate surface area is 120 Å². The van der Waals surface area contributed by atoms with Crippen LogP contribution in [-0.4, -0.2) is 16.5 Å². The quantitative estimate of drug-likeness (QED) is 0.573. The Morgan fingerprint density at radius 1 is 1.14 bits per heavy atom. The highest BCUT2D eigenvalue weighted by Gasteiger charge is 2.05. The molecule has 0 unspecified atom stereocenters. The largest absolute Gasteiger partial charge is 0.424 e. The summed E-state index contributed by atoms with van der Waals surface area (Å²) in [5.41, 5.74) is 2.68. The molecule has 1 N–H and O–H groups in total. The molecule has 0 saturated heterocycles. The standard InChI is InChI=1S/C15H13N3O3/c19-18(20)12-7-5-11(6-8-12)9-10-16-15-17-13-3-1-2-4-14(13)21-15/h1-8H,9-10H2,(H,16,17). The summed E-state index contributed by atoms with van der Waals surface area (Å²) in [6, 6.07) is 14.6. The van der Waals surface area contributed by atoms with Gasteiger partial charge in [-0.2, -0.15) is 4.98 Å². The van der Waals surface area contributed by atoms with Crippen molar-refractivity contribution >= 4 is 22.8 Å². The number of non-ortho nitro benzene ring substituents is 1. The molecule has 6 nitrogen and oxygen atoms in total. The fourth-order valence-corrected chi connectivity index (χ4v) is 2.05. The van der Waals surface area contributed by atoms with Crippen molar-refractivity contribution in [3.05, 3.63) is 64.2 Å². The molecule has 0 aliphatic rings. The molecule has 21 heavy (non-hydrogen) atoms. The number of benzene rings is 2. The van der Waals surface area contributed by atoms with E-state index in [1.807, 2.05) is 24.3 Å². The van der Waals surface area contributed by atoms with E-state index in [-0.39, 0.29) is 5.69 Å². The maximum atomic E-state index is 10.6. The number of para-hydroxylation sites is 2. The third kappa shape index (κ3) is 3.00. The smallest absolute Gasteiger partial charge is 0.295 e. The van der Waals surface area contributed by atoms with Crippen molar-refractivity contribution in [2.45, 2.75) is 6.42 Å². The zero-order valence-corrected chi connectivity index (χ0v) is 11.2. The summed E-state index contributed by atoms with van der Waals surface area (Å²) in [6.07, 6.45) is 0.733. The summed E-state index contributed by atoms with van der Waals surface area (Å²) in [5, 5.41) is 13.7. The van der Waals surface area contributed by atoms with E-state index in [1.54, 1.807) is 12.1 Å². The lowest BCUT2D eigenvalue weighted by Crippen LogP contribution is -2.04. The Hall–Kier alpha value is -2.89. The molecule has 106 valence electrons. The number of hydrogen-bond acceptors (Lipinski definition) is 5. The zero-order valence-electron chi connectivity index (χ0n) is 11.2. The van der Waals surface area contributed by atoms with Crippen LogP contribution in [0.2, 0.25) is 0 Å². The van der Waals surface area contributed by atoms with Gasteiger partial charge in [0, 0.05) is 18.7 Å². The lowest BCUT2D eigenvalue weighted by Gasteiger charge is -2.02. The van der Waals surface area contributed by atoms with E-state index in [4.69, 9.17) is 4.42 Å². The van der Waals surface area contributed by atoms with E-state index in [9.17, 15) is 10.1 Å². The minimum atomic E-state index is -0.402. The number of fused-ring (bicyclic) bond motifs is 1. The predicted octanol–water partition coefficient (Wildman–Crippen LogP) is 3.39. The van der Waals surface area contributed by atoms with Gasteiger partial charge in [0.05, 0.1) is 4.92 Å². The second-order valence-corrected chi connectivity index (χ2v) is 4.59. The van der Waals surface area contributed by atoms with Gasteiger partial charge in [0.1, 0.15) is 5.52 Å². The normalized spacial score (nSPS) is 10.7. The number of oxazole rings is 1. The minimum absolute atomic E-state index is 0.102. The monoisotopic (exact) mass is 283 g/mol. The first kappa shape index (κ1) is 13.1. The van der Waals surface area contributed by atoms with E-state index in [0.717, 1.165) is 23.1 Å². The summed E-state index contributed by atoms with van der Waals surface area (Å²) >= 11 is 0. The van der Waals surface area contributed by atoms with Gasteiger partial charge in [0.25, 0.3) is 11.7 Å². The van der Waals surface area contributed by atoms with Crippen molar-refractivity contribution in [1.29, 1.82) is 0 Å². The maximum Gasteiger partial charge on any atom is 0.295 e. The van der Waals surface area contributed by atoms with Crippen LogP contribution in [0.5, 0.6) is 0 Å². The van der Waals surface area contributed by atoms with Gasteiger partial charge in [-0.25, -0.2) is 0 Å². The molecule has 3 aromatic rings. The van der Waals surface area contributed by atoms with Gasteiger partial charge in [-0.3, -0.25) is 10.1 Å². The van der Waals surface area contributed by atoms with Gasteiger partial charge in [0.2, 0.25) is 0 Å². The van der Waals surface area contributed by atoms with Crippen molar-refractivity contribution in [2.75, 3.05) is 11.9 Å². The second-order valence-electron chi connectivity index (χ2n) is 4.59. The Bertz CT molecular complexity index is 732. The topological polar surface area (TPSA) is 81.2 Å². The van der Waals surface area contributed by atoms with Crippen molar-refractivity contribution in [2.24, 2.45) is 0 Å². The SMILES string of the molecule is O=[N+]([O-])c1ccc(CCNc2nc3ccccc3o2)cc1. The summed E-state index contributed by atoms with van der Waals surface area (Å²) in [6.45, 7) is 0.643. The Morgan fingerprint density at radius 3 is 2.62 bits per heavy atom. The van der Waals surface area contributed by atoms with Crippen LogP contribution < -0.4 is 5.32 Å². The van der Waals surface area contributed by atoms with Crippen molar-refractivity contribution in [1.82, 2.24) is 4.98 Å². The summed E-state index contributed by atoms with van der Waals surface area (Å²) in [7, 11) is 0. The van der Waals surface area contributed by atoms with Gasteiger partial charge in [-0.05, 0) is 24.1 Å².